The number of rotatable bonds is 3. The van der Waals surface area contributed by atoms with E-state index in [9.17, 15) is 0 Å². The van der Waals surface area contributed by atoms with Crippen LogP contribution in [0.25, 0.3) is 11.2 Å². The number of alkyl halides is 1. The van der Waals surface area contributed by atoms with Crippen LogP contribution in [-0.2, 0) is 7.05 Å². The molecule has 1 aliphatic rings. The van der Waals surface area contributed by atoms with Gasteiger partial charge >= 0.3 is 0 Å². The summed E-state index contributed by atoms with van der Waals surface area (Å²) >= 11 is 6.42. The Labute approximate surface area is 131 Å². The highest BCUT2D eigenvalue weighted by molar-refractivity contribution is 6.20. The van der Waals surface area contributed by atoms with Crippen molar-refractivity contribution in [3.8, 4) is 0 Å². The van der Waals surface area contributed by atoms with Crippen LogP contribution < -0.4 is 0 Å². The molecule has 1 fully saturated rings. The number of hydrogen-bond donors (Lipinski definition) is 0. The average molecular weight is 309 g/mol. The Morgan fingerprint density at radius 1 is 1.38 bits per heavy atom. The smallest absolute Gasteiger partial charge is 0.158 e. The normalized spacial score (nSPS) is 27.6. The van der Waals surface area contributed by atoms with Crippen LogP contribution in [0, 0.1) is 18.8 Å². The van der Waals surface area contributed by atoms with Crippen molar-refractivity contribution in [2.75, 3.05) is 0 Å². The third-order valence-electron chi connectivity index (χ3n) is 5.26. The minimum Gasteiger partial charge on any atom is -0.308 e. The fraction of sp³-hybridized carbons (Fsp3) is 0.750. The fourth-order valence-electron chi connectivity index (χ4n) is 4.09. The third-order valence-corrected chi connectivity index (χ3v) is 5.45. The van der Waals surface area contributed by atoms with Crippen LogP contribution in [0.1, 0.15) is 63.0 Å². The van der Waals surface area contributed by atoms with Crippen molar-refractivity contribution in [1.29, 1.82) is 0 Å². The van der Waals surface area contributed by atoms with Crippen LogP contribution >= 0.6 is 11.6 Å². The number of fused-ring (bicyclic) bond motifs is 1. The van der Waals surface area contributed by atoms with Gasteiger partial charge in [-0.25, -0.2) is 4.98 Å². The van der Waals surface area contributed by atoms with Crippen LogP contribution in [-0.4, -0.2) is 19.3 Å². The molecule has 21 heavy (non-hydrogen) atoms. The number of halogens is 1. The Kier molecular flexibility index (Phi) is 3.76. The van der Waals surface area contributed by atoms with Crippen molar-refractivity contribution in [1.82, 2.24) is 19.3 Å². The molecule has 4 unspecified atom stereocenters. The van der Waals surface area contributed by atoms with Crippen molar-refractivity contribution in [2.45, 2.75) is 58.4 Å². The Balaban J connectivity index is 2.18. The van der Waals surface area contributed by atoms with E-state index in [2.05, 4.69) is 23.5 Å². The number of aryl methyl sites for hydroxylation is 2. The van der Waals surface area contributed by atoms with Crippen molar-refractivity contribution in [3.63, 3.8) is 0 Å². The largest absolute Gasteiger partial charge is 0.308 e. The van der Waals surface area contributed by atoms with Crippen molar-refractivity contribution < 1.29 is 0 Å². The molecule has 2 aromatic rings. The van der Waals surface area contributed by atoms with Gasteiger partial charge in [0, 0.05) is 13.1 Å². The molecule has 4 atom stereocenters. The van der Waals surface area contributed by atoms with Crippen LogP contribution in [0.15, 0.2) is 0 Å². The minimum atomic E-state index is -0.0790. The number of hydrogen-bond acceptors (Lipinski definition) is 2. The monoisotopic (exact) mass is 308 g/mol. The molecule has 116 valence electrons. The lowest BCUT2D eigenvalue weighted by molar-refractivity contribution is 0.326. The Morgan fingerprint density at radius 2 is 2.10 bits per heavy atom. The number of imidazole rings is 1. The van der Waals surface area contributed by atoms with Gasteiger partial charge in [0.2, 0.25) is 0 Å². The molecule has 1 saturated carbocycles. The standard InChI is InChI=1S/C16H25ClN4/c1-6-12-7-8-13(9(12)2)21-15(10(3)17)18-14-11(4)19-20(5)16(14)21/h9-10,12-13H,6-8H2,1-5H3. The zero-order chi connectivity index (χ0) is 15.3. The van der Waals surface area contributed by atoms with Gasteiger partial charge in [-0.3, -0.25) is 4.68 Å². The number of aromatic nitrogens is 4. The maximum atomic E-state index is 6.42. The topological polar surface area (TPSA) is 35.6 Å². The second kappa shape index (κ2) is 5.31. The Bertz CT molecular complexity index is 655. The molecule has 1 aliphatic carbocycles. The third kappa shape index (κ3) is 2.19. The highest BCUT2D eigenvalue weighted by atomic mass is 35.5. The van der Waals surface area contributed by atoms with E-state index in [-0.39, 0.29) is 5.38 Å². The van der Waals surface area contributed by atoms with E-state index >= 15 is 0 Å². The van der Waals surface area contributed by atoms with Crippen molar-refractivity contribution in [2.24, 2.45) is 18.9 Å². The first-order chi connectivity index (χ1) is 9.95. The zero-order valence-electron chi connectivity index (χ0n) is 13.6. The lowest BCUT2D eigenvalue weighted by Crippen LogP contribution is -2.19. The van der Waals surface area contributed by atoms with Crippen LogP contribution in [0.2, 0.25) is 0 Å². The van der Waals surface area contributed by atoms with Gasteiger partial charge in [-0.1, -0.05) is 20.3 Å². The molecule has 4 nitrogen and oxygen atoms in total. The lowest BCUT2D eigenvalue weighted by atomic mass is 9.93. The molecule has 0 N–H and O–H groups in total. The Hall–Kier alpha value is -1.03. The number of nitrogens with zero attached hydrogens (tertiary/aromatic N) is 4. The van der Waals surface area contributed by atoms with E-state index in [0.29, 0.717) is 12.0 Å². The molecule has 0 aliphatic heterocycles. The van der Waals surface area contributed by atoms with Crippen LogP contribution in [0.3, 0.4) is 0 Å². The summed E-state index contributed by atoms with van der Waals surface area (Å²) in [5.41, 5.74) is 3.12. The van der Waals surface area contributed by atoms with E-state index in [1.54, 1.807) is 0 Å². The first kappa shape index (κ1) is 14.9. The summed E-state index contributed by atoms with van der Waals surface area (Å²) in [6.45, 7) is 8.71. The fourth-order valence-corrected chi connectivity index (χ4v) is 4.24. The van der Waals surface area contributed by atoms with E-state index in [1.165, 1.54) is 19.3 Å². The zero-order valence-corrected chi connectivity index (χ0v) is 14.4. The minimum absolute atomic E-state index is 0.0790. The predicted octanol–water partition coefficient (Wildman–Crippen LogP) is 4.38. The highest BCUT2D eigenvalue weighted by Gasteiger charge is 2.36. The summed E-state index contributed by atoms with van der Waals surface area (Å²) < 4.78 is 4.35. The molecule has 0 saturated heterocycles. The van der Waals surface area contributed by atoms with Crippen molar-refractivity contribution >= 4 is 22.8 Å². The summed E-state index contributed by atoms with van der Waals surface area (Å²) in [6, 6.07) is 0.492. The molecule has 3 rings (SSSR count). The second-order valence-corrected chi connectivity index (χ2v) is 7.16. The molecule has 0 radical (unpaired) electrons. The second-order valence-electron chi connectivity index (χ2n) is 6.51. The van der Waals surface area contributed by atoms with Gasteiger partial charge in [0.1, 0.15) is 11.3 Å². The molecule has 0 amide bonds. The molecule has 0 bridgehead atoms. The molecule has 2 heterocycles. The van der Waals surface area contributed by atoms with E-state index in [4.69, 9.17) is 16.6 Å². The summed E-state index contributed by atoms with van der Waals surface area (Å²) in [4.78, 5) is 4.81. The Morgan fingerprint density at radius 3 is 2.67 bits per heavy atom. The molecule has 0 aromatic carbocycles. The van der Waals surface area contributed by atoms with Gasteiger partial charge in [-0.05, 0) is 38.5 Å². The van der Waals surface area contributed by atoms with Crippen molar-refractivity contribution in [3.05, 3.63) is 11.5 Å². The van der Waals surface area contributed by atoms with Gasteiger partial charge in [0.05, 0.1) is 11.1 Å². The molecule has 0 spiro atoms. The predicted molar refractivity (Wildman–Crippen MR) is 86.7 cm³/mol. The summed E-state index contributed by atoms with van der Waals surface area (Å²) in [7, 11) is 2.01. The first-order valence-electron chi connectivity index (χ1n) is 8.01. The van der Waals surface area contributed by atoms with Gasteiger partial charge in [0.15, 0.2) is 5.65 Å². The maximum Gasteiger partial charge on any atom is 0.158 e. The summed E-state index contributed by atoms with van der Waals surface area (Å²) in [6.07, 6.45) is 3.77. The van der Waals surface area contributed by atoms with Gasteiger partial charge in [-0.2, -0.15) is 5.10 Å². The molecule has 2 aromatic heterocycles. The molecule has 5 heteroatoms. The lowest BCUT2D eigenvalue weighted by Gasteiger charge is -2.24. The van der Waals surface area contributed by atoms with Gasteiger partial charge in [-0.15, -0.1) is 11.6 Å². The first-order valence-corrected chi connectivity index (χ1v) is 8.44. The van der Waals surface area contributed by atoms with Crippen LogP contribution in [0.5, 0.6) is 0 Å². The maximum absolute atomic E-state index is 6.42. The van der Waals surface area contributed by atoms with Gasteiger partial charge in [0.25, 0.3) is 0 Å². The van der Waals surface area contributed by atoms with E-state index in [0.717, 1.165) is 28.6 Å². The van der Waals surface area contributed by atoms with E-state index in [1.807, 2.05) is 25.6 Å². The average Bonchev–Trinajstić information content (AvgIpc) is 3.05. The van der Waals surface area contributed by atoms with Crippen LogP contribution in [0.4, 0.5) is 0 Å². The highest BCUT2D eigenvalue weighted by Crippen LogP contribution is 2.44. The van der Waals surface area contributed by atoms with E-state index < -0.39 is 0 Å². The SMILES string of the molecule is CCC1CCC(n2c(C(C)Cl)nc3c(C)nn(C)c32)C1C. The quantitative estimate of drug-likeness (QED) is 0.789. The van der Waals surface area contributed by atoms with Gasteiger partial charge < -0.3 is 4.57 Å². The molecular formula is C16H25ClN4. The molecular weight excluding hydrogens is 284 g/mol. The summed E-state index contributed by atoms with van der Waals surface area (Å²) in [5, 5.41) is 4.46. The summed E-state index contributed by atoms with van der Waals surface area (Å²) in [5.74, 6) is 2.47.